The van der Waals surface area contributed by atoms with Crippen LogP contribution in [-0.2, 0) is 25.7 Å². The highest BCUT2D eigenvalue weighted by atomic mass is 16.3. The first kappa shape index (κ1) is 28.5. The molecule has 0 saturated carbocycles. The number of rotatable bonds is 5. The van der Waals surface area contributed by atoms with Crippen LogP contribution >= 0.6 is 0 Å². The van der Waals surface area contributed by atoms with Crippen molar-refractivity contribution in [1.82, 2.24) is 25.3 Å². The number of carbonyl (C=O) groups is 4. The van der Waals surface area contributed by atoms with Crippen LogP contribution in [0.2, 0.25) is 0 Å². The third-order valence-electron chi connectivity index (χ3n) is 9.27. The number of hydrogen-bond acceptors (Lipinski definition) is 6. The maximum absolute atomic E-state index is 13.8. The number of carbonyl (C=O) groups excluding carboxylic acids is 4. The normalized spacial score (nSPS) is 31.8. The molecule has 5 rings (SSSR count). The third-order valence-corrected chi connectivity index (χ3v) is 9.27. The zero-order valence-electron chi connectivity index (χ0n) is 23.5. The van der Waals surface area contributed by atoms with Crippen LogP contribution in [0.3, 0.4) is 0 Å². The quantitative estimate of drug-likeness (QED) is 0.498. The third kappa shape index (κ3) is 6.66. The lowest BCUT2D eigenvalue weighted by atomic mass is 9.80. The Morgan fingerprint density at radius 1 is 1.02 bits per heavy atom. The number of nitrogens with one attached hydrogen (secondary N) is 2. The van der Waals surface area contributed by atoms with Gasteiger partial charge in [-0.1, -0.05) is 30.3 Å². The Hall–Kier alpha value is -2.98. The molecule has 4 aliphatic rings. The van der Waals surface area contributed by atoms with Gasteiger partial charge in [-0.05, 0) is 50.0 Å². The van der Waals surface area contributed by atoms with E-state index in [4.69, 9.17) is 0 Å². The van der Waals surface area contributed by atoms with Crippen LogP contribution in [0, 0.1) is 11.8 Å². The molecule has 4 aliphatic heterocycles. The Bertz CT molecular complexity index is 1080. The first-order valence-electron chi connectivity index (χ1n) is 14.9. The number of amides is 4. The Morgan fingerprint density at radius 2 is 1.77 bits per heavy atom. The standard InChI is InChI=1S/C30H43N5O5/c1-20-26(36)16-28(38)34-12-9-22(13-27(37)33-10-5-6-11-33)23(18-34)14-29(39)35-19-24(15-25(35)30(40)32-20)31-17-21-7-3-2-4-8-21/h2-4,7-8,20,22-26,31,36H,5-6,9-19H2,1H3,(H,32,40)/t20-,22-,23-,24-,25-,26-/m0/s1. The monoisotopic (exact) mass is 553 g/mol. The largest absolute Gasteiger partial charge is 0.390 e. The first-order chi connectivity index (χ1) is 19.3. The van der Waals surface area contributed by atoms with Crippen LogP contribution in [0.1, 0.15) is 57.4 Å². The zero-order chi connectivity index (χ0) is 28.2. The fourth-order valence-corrected chi connectivity index (χ4v) is 6.74. The van der Waals surface area contributed by atoms with Gasteiger partial charge in [0.1, 0.15) is 6.04 Å². The molecule has 218 valence electrons. The van der Waals surface area contributed by atoms with Gasteiger partial charge in [-0.3, -0.25) is 19.2 Å². The molecule has 4 fully saturated rings. The van der Waals surface area contributed by atoms with Gasteiger partial charge >= 0.3 is 0 Å². The van der Waals surface area contributed by atoms with E-state index in [1.807, 2.05) is 35.2 Å². The molecule has 4 amide bonds. The van der Waals surface area contributed by atoms with Gasteiger partial charge < -0.3 is 30.4 Å². The second-order valence-corrected chi connectivity index (χ2v) is 12.1. The molecule has 2 bridgehead atoms. The van der Waals surface area contributed by atoms with E-state index in [1.54, 1.807) is 16.7 Å². The summed E-state index contributed by atoms with van der Waals surface area (Å²) in [4.78, 5) is 58.7. The highest BCUT2D eigenvalue weighted by molar-refractivity contribution is 5.89. The molecular formula is C30H43N5O5. The minimum Gasteiger partial charge on any atom is -0.390 e. The van der Waals surface area contributed by atoms with E-state index >= 15 is 0 Å². The molecule has 0 spiro atoms. The van der Waals surface area contributed by atoms with Crippen LogP contribution in [0.5, 0.6) is 0 Å². The second kappa shape index (κ2) is 12.7. The lowest BCUT2D eigenvalue weighted by Crippen LogP contribution is -2.51. The fraction of sp³-hybridized carbons (Fsp3) is 0.667. The SMILES string of the molecule is C[C@@H]1NC(=O)[C@@H]2C[C@H](NCc3ccccc3)CN2C(=O)C[C@H]2CN(CC[C@H]2CC(=O)N2CCCC2)C(=O)C[C@@H]1O. The molecule has 10 heteroatoms. The molecule has 0 unspecified atom stereocenters. The van der Waals surface area contributed by atoms with E-state index in [1.165, 1.54) is 0 Å². The van der Waals surface area contributed by atoms with E-state index in [0.717, 1.165) is 31.5 Å². The summed E-state index contributed by atoms with van der Waals surface area (Å²) in [6, 6.07) is 8.68. The molecule has 3 N–H and O–H groups in total. The summed E-state index contributed by atoms with van der Waals surface area (Å²) in [7, 11) is 0. The summed E-state index contributed by atoms with van der Waals surface area (Å²) < 4.78 is 0. The average Bonchev–Trinajstić information content (AvgIpc) is 3.64. The molecule has 6 atom stereocenters. The van der Waals surface area contributed by atoms with E-state index in [9.17, 15) is 24.3 Å². The smallest absolute Gasteiger partial charge is 0.243 e. The van der Waals surface area contributed by atoms with Crippen molar-refractivity contribution in [3.63, 3.8) is 0 Å². The molecule has 1 aromatic rings. The van der Waals surface area contributed by atoms with Crippen molar-refractivity contribution in [3.8, 4) is 0 Å². The van der Waals surface area contributed by atoms with E-state index in [2.05, 4.69) is 10.6 Å². The zero-order valence-corrected chi connectivity index (χ0v) is 23.5. The Labute approximate surface area is 236 Å². The number of hydrogen-bond donors (Lipinski definition) is 3. The predicted octanol–water partition coefficient (Wildman–Crippen LogP) is 0.882. The van der Waals surface area contributed by atoms with Gasteiger partial charge in [-0.15, -0.1) is 0 Å². The van der Waals surface area contributed by atoms with Crippen LogP contribution in [0.15, 0.2) is 30.3 Å². The number of likely N-dealkylation sites (tertiary alicyclic amines) is 1. The predicted molar refractivity (Wildman–Crippen MR) is 149 cm³/mol. The minimum absolute atomic E-state index is 0.00282. The highest BCUT2D eigenvalue weighted by Crippen LogP contribution is 2.33. The average molecular weight is 554 g/mol. The number of piperidine rings is 1. The van der Waals surface area contributed by atoms with E-state index in [0.29, 0.717) is 45.4 Å². The topological polar surface area (TPSA) is 122 Å². The molecular weight excluding hydrogens is 510 g/mol. The summed E-state index contributed by atoms with van der Waals surface area (Å²) >= 11 is 0. The van der Waals surface area contributed by atoms with Crippen molar-refractivity contribution < 1.29 is 24.3 Å². The second-order valence-electron chi connectivity index (χ2n) is 12.1. The van der Waals surface area contributed by atoms with Crippen molar-refractivity contribution in [3.05, 3.63) is 35.9 Å². The van der Waals surface area contributed by atoms with Crippen LogP contribution in [-0.4, -0.2) is 100 Å². The number of benzene rings is 1. The van der Waals surface area contributed by atoms with Crippen molar-refractivity contribution in [2.75, 3.05) is 32.7 Å². The summed E-state index contributed by atoms with van der Waals surface area (Å²) in [6.45, 7) is 5.22. The van der Waals surface area contributed by atoms with Gasteiger partial charge in [0.2, 0.25) is 23.6 Å². The van der Waals surface area contributed by atoms with Crippen molar-refractivity contribution in [2.45, 2.75) is 82.6 Å². The van der Waals surface area contributed by atoms with Crippen molar-refractivity contribution >= 4 is 23.6 Å². The molecule has 4 heterocycles. The molecule has 4 saturated heterocycles. The molecule has 0 aliphatic carbocycles. The van der Waals surface area contributed by atoms with Crippen LogP contribution < -0.4 is 10.6 Å². The Balaban J connectivity index is 1.34. The lowest BCUT2D eigenvalue weighted by Gasteiger charge is -2.39. The maximum atomic E-state index is 13.8. The Morgan fingerprint density at radius 3 is 2.52 bits per heavy atom. The van der Waals surface area contributed by atoms with E-state index in [-0.39, 0.29) is 54.3 Å². The Kier molecular flexibility index (Phi) is 9.05. The summed E-state index contributed by atoms with van der Waals surface area (Å²) in [6.07, 6.45) is 2.63. The summed E-state index contributed by atoms with van der Waals surface area (Å²) in [5.41, 5.74) is 1.13. The van der Waals surface area contributed by atoms with Gasteiger partial charge in [-0.2, -0.15) is 0 Å². The minimum atomic E-state index is -1.03. The van der Waals surface area contributed by atoms with Gasteiger partial charge in [0.05, 0.1) is 18.6 Å². The number of aliphatic hydroxyl groups excluding tert-OH is 1. The van der Waals surface area contributed by atoms with Crippen LogP contribution in [0.25, 0.3) is 0 Å². The van der Waals surface area contributed by atoms with E-state index < -0.39 is 18.2 Å². The summed E-state index contributed by atoms with van der Waals surface area (Å²) in [5, 5.41) is 17.1. The van der Waals surface area contributed by atoms with Crippen LogP contribution in [0.4, 0.5) is 0 Å². The number of aliphatic hydroxyl groups is 1. The molecule has 40 heavy (non-hydrogen) atoms. The molecule has 0 radical (unpaired) electrons. The van der Waals surface area contributed by atoms with Gasteiger partial charge in [0, 0.05) is 58.2 Å². The molecule has 0 aromatic heterocycles. The van der Waals surface area contributed by atoms with Gasteiger partial charge in [0.25, 0.3) is 0 Å². The van der Waals surface area contributed by atoms with Gasteiger partial charge in [-0.25, -0.2) is 0 Å². The number of nitrogens with zero attached hydrogens (tertiary/aromatic N) is 3. The maximum Gasteiger partial charge on any atom is 0.243 e. The highest BCUT2D eigenvalue weighted by Gasteiger charge is 2.43. The summed E-state index contributed by atoms with van der Waals surface area (Å²) in [5.74, 6) is -0.649. The molecule has 1 aromatic carbocycles. The van der Waals surface area contributed by atoms with Crippen molar-refractivity contribution in [1.29, 1.82) is 0 Å². The fourth-order valence-electron chi connectivity index (χ4n) is 6.74. The lowest BCUT2D eigenvalue weighted by molar-refractivity contribution is -0.142. The van der Waals surface area contributed by atoms with Crippen molar-refractivity contribution in [2.24, 2.45) is 11.8 Å². The molecule has 10 nitrogen and oxygen atoms in total. The van der Waals surface area contributed by atoms with Gasteiger partial charge in [0.15, 0.2) is 0 Å². The first-order valence-corrected chi connectivity index (χ1v) is 14.9. The number of fused-ring (bicyclic) bond motifs is 3.